The Morgan fingerprint density at radius 3 is 2.49 bits per heavy atom. The van der Waals surface area contributed by atoms with Crippen LogP contribution in [0.25, 0.3) is 27.6 Å². The van der Waals surface area contributed by atoms with Gasteiger partial charge in [0.15, 0.2) is 0 Å². The minimum atomic E-state index is -0.636. The maximum absolute atomic E-state index is 15.3. The topological polar surface area (TPSA) is 128 Å². The first-order valence-electron chi connectivity index (χ1n) is 14.0. The first kappa shape index (κ1) is 29.8. The predicted octanol–water partition coefficient (Wildman–Crippen LogP) is 4.88. The molecule has 5 rings (SSSR count). The molecule has 0 aliphatic rings. The van der Waals surface area contributed by atoms with Crippen molar-refractivity contribution in [3.8, 4) is 16.8 Å². The lowest BCUT2D eigenvalue weighted by molar-refractivity contribution is 0.282. The molecule has 0 aliphatic heterocycles. The van der Waals surface area contributed by atoms with Gasteiger partial charge >= 0.3 is 0 Å². The van der Waals surface area contributed by atoms with Gasteiger partial charge in [0.25, 0.3) is 11.1 Å². The minimum Gasteiger partial charge on any atom is -0.392 e. The Balaban J connectivity index is 1.60. The number of benzene rings is 2. The van der Waals surface area contributed by atoms with E-state index in [2.05, 4.69) is 15.4 Å². The van der Waals surface area contributed by atoms with E-state index in [1.165, 1.54) is 16.8 Å². The summed E-state index contributed by atoms with van der Waals surface area (Å²) >= 11 is 0. The van der Waals surface area contributed by atoms with Gasteiger partial charge in [-0.1, -0.05) is 45.9 Å². The summed E-state index contributed by atoms with van der Waals surface area (Å²) in [5, 5.41) is 18.3. The number of hydrogen-bond acceptors (Lipinski definition) is 7. The van der Waals surface area contributed by atoms with E-state index in [0.29, 0.717) is 40.1 Å². The van der Waals surface area contributed by atoms with Crippen molar-refractivity contribution in [2.24, 2.45) is 12.8 Å². The van der Waals surface area contributed by atoms with Crippen LogP contribution < -0.4 is 22.2 Å². The number of aliphatic hydroxyl groups excluding tert-OH is 1. The first-order valence-corrected chi connectivity index (χ1v) is 14.0. The number of hydrogen-bond donors (Lipinski definition) is 3. The van der Waals surface area contributed by atoms with Gasteiger partial charge in [0.2, 0.25) is 0 Å². The standard InChI is InChI=1S/C33H35FN6O3/c1-19(14-35)20-9-10-29(36-15-20)38-27-12-22(17-39(5)31(27)42)24-7-6-8-28(25(24)18-41)40-32(43)30-21(16-37-40)11-23(13-26(30)34)33(2,3)4/h6-13,15-17,19,41H,14,18,35H2,1-5H3,(H,36,38). The fourth-order valence-corrected chi connectivity index (χ4v) is 5.04. The highest BCUT2D eigenvalue weighted by molar-refractivity contribution is 5.83. The molecule has 0 fully saturated rings. The molecular weight excluding hydrogens is 547 g/mol. The molecule has 9 nitrogen and oxygen atoms in total. The molecule has 1 atom stereocenters. The van der Waals surface area contributed by atoms with Crippen LogP contribution >= 0.6 is 0 Å². The van der Waals surface area contributed by atoms with Gasteiger partial charge in [0.05, 0.1) is 23.9 Å². The highest BCUT2D eigenvalue weighted by atomic mass is 19.1. The number of aryl methyl sites for hydroxylation is 1. The fraction of sp³-hybridized carbons (Fsp3) is 0.273. The maximum Gasteiger partial charge on any atom is 0.282 e. The number of nitrogens with one attached hydrogen (secondary N) is 1. The number of rotatable bonds is 7. The summed E-state index contributed by atoms with van der Waals surface area (Å²) in [6.45, 7) is 7.98. The van der Waals surface area contributed by atoms with E-state index >= 15 is 4.39 Å². The van der Waals surface area contributed by atoms with E-state index in [4.69, 9.17) is 5.73 Å². The van der Waals surface area contributed by atoms with Crippen LogP contribution in [0.3, 0.4) is 0 Å². The Kier molecular flexibility index (Phi) is 8.00. The van der Waals surface area contributed by atoms with Crippen molar-refractivity contribution in [3.63, 3.8) is 0 Å². The van der Waals surface area contributed by atoms with Crippen molar-refractivity contribution >= 4 is 22.3 Å². The van der Waals surface area contributed by atoms with Crippen LogP contribution in [0.4, 0.5) is 15.9 Å². The number of anilines is 2. The Morgan fingerprint density at radius 1 is 1.07 bits per heavy atom. The zero-order chi connectivity index (χ0) is 31.1. The first-order chi connectivity index (χ1) is 20.4. The number of aromatic nitrogens is 4. The van der Waals surface area contributed by atoms with Crippen molar-refractivity contribution < 1.29 is 9.50 Å². The molecule has 5 aromatic rings. The summed E-state index contributed by atoms with van der Waals surface area (Å²) < 4.78 is 17.8. The molecule has 0 saturated carbocycles. The zero-order valence-corrected chi connectivity index (χ0v) is 24.9. The number of aliphatic hydroxyl groups is 1. The van der Waals surface area contributed by atoms with Gasteiger partial charge < -0.3 is 20.7 Å². The van der Waals surface area contributed by atoms with Crippen LogP contribution in [-0.2, 0) is 19.1 Å². The molecule has 0 spiro atoms. The molecule has 10 heteroatoms. The molecule has 3 aromatic heterocycles. The van der Waals surface area contributed by atoms with Crippen molar-refractivity contribution in [2.75, 3.05) is 11.9 Å². The summed E-state index contributed by atoms with van der Waals surface area (Å²) in [4.78, 5) is 31.0. The van der Waals surface area contributed by atoms with Gasteiger partial charge in [0.1, 0.15) is 17.3 Å². The third-order valence-electron chi connectivity index (χ3n) is 7.71. The van der Waals surface area contributed by atoms with E-state index in [0.717, 1.165) is 15.8 Å². The average molecular weight is 583 g/mol. The molecular formula is C33H35FN6O3. The Hall–Kier alpha value is -4.67. The summed E-state index contributed by atoms with van der Waals surface area (Å²) in [6, 6.07) is 13.7. The predicted molar refractivity (Wildman–Crippen MR) is 168 cm³/mol. The SMILES string of the molecule is CC(CN)c1ccc(Nc2cc(-c3cccc(-n4ncc5cc(C(C)(C)C)cc(F)c5c4=O)c3CO)cn(C)c2=O)nc1. The van der Waals surface area contributed by atoms with Crippen LogP contribution in [0.2, 0.25) is 0 Å². The summed E-state index contributed by atoms with van der Waals surface area (Å²) in [7, 11) is 1.63. The quantitative estimate of drug-likeness (QED) is 0.250. The third kappa shape index (κ3) is 5.71. The van der Waals surface area contributed by atoms with Gasteiger partial charge in [-0.05, 0) is 64.9 Å². The van der Waals surface area contributed by atoms with Crippen LogP contribution in [0, 0.1) is 5.82 Å². The number of pyridine rings is 2. The van der Waals surface area contributed by atoms with Crippen molar-refractivity contribution in [3.05, 3.63) is 110 Å². The van der Waals surface area contributed by atoms with E-state index in [-0.39, 0.29) is 28.0 Å². The van der Waals surface area contributed by atoms with Crippen molar-refractivity contribution in [2.45, 2.75) is 45.6 Å². The second-order valence-corrected chi connectivity index (χ2v) is 11.8. The monoisotopic (exact) mass is 582 g/mol. The molecule has 0 saturated heterocycles. The fourth-order valence-electron chi connectivity index (χ4n) is 5.04. The molecule has 0 bridgehead atoms. The molecule has 2 aromatic carbocycles. The number of halogens is 1. The van der Waals surface area contributed by atoms with Gasteiger partial charge in [-0.15, -0.1) is 0 Å². The smallest absolute Gasteiger partial charge is 0.282 e. The average Bonchev–Trinajstić information content (AvgIpc) is 2.98. The van der Waals surface area contributed by atoms with Gasteiger partial charge in [-0.2, -0.15) is 9.78 Å². The molecule has 0 amide bonds. The van der Waals surface area contributed by atoms with Crippen LogP contribution in [0.5, 0.6) is 0 Å². The van der Waals surface area contributed by atoms with Crippen molar-refractivity contribution in [1.29, 1.82) is 0 Å². The molecule has 43 heavy (non-hydrogen) atoms. The molecule has 1 unspecified atom stereocenters. The highest BCUT2D eigenvalue weighted by Gasteiger charge is 2.21. The Bertz CT molecular complexity index is 1940. The normalized spacial score (nSPS) is 12.5. The summed E-state index contributed by atoms with van der Waals surface area (Å²) in [5.74, 6) is 0.0177. The van der Waals surface area contributed by atoms with Crippen LogP contribution in [-0.4, -0.2) is 31.0 Å². The minimum absolute atomic E-state index is 0.0785. The Labute approximate surface area is 248 Å². The second-order valence-electron chi connectivity index (χ2n) is 11.8. The van der Waals surface area contributed by atoms with E-state index in [9.17, 15) is 14.7 Å². The van der Waals surface area contributed by atoms with E-state index in [1.54, 1.807) is 55.8 Å². The van der Waals surface area contributed by atoms with Gasteiger partial charge in [0, 0.05) is 36.0 Å². The van der Waals surface area contributed by atoms with Gasteiger partial charge in [-0.25, -0.2) is 9.37 Å². The van der Waals surface area contributed by atoms with Gasteiger partial charge in [-0.3, -0.25) is 9.59 Å². The highest BCUT2D eigenvalue weighted by Crippen LogP contribution is 2.31. The summed E-state index contributed by atoms with van der Waals surface area (Å²) in [5.41, 5.74) is 8.45. The number of nitrogens with two attached hydrogens (primary N) is 1. The lowest BCUT2D eigenvalue weighted by atomic mass is 9.86. The Morgan fingerprint density at radius 2 is 1.84 bits per heavy atom. The lowest BCUT2D eigenvalue weighted by Crippen LogP contribution is -2.24. The maximum atomic E-state index is 15.3. The second kappa shape index (κ2) is 11.5. The molecule has 4 N–H and O–H groups in total. The number of nitrogens with zero attached hydrogens (tertiary/aromatic N) is 4. The van der Waals surface area contributed by atoms with Crippen LogP contribution in [0.1, 0.15) is 50.3 Å². The van der Waals surface area contributed by atoms with Crippen molar-refractivity contribution in [1.82, 2.24) is 19.3 Å². The van der Waals surface area contributed by atoms with Crippen LogP contribution in [0.15, 0.2) is 76.7 Å². The molecule has 222 valence electrons. The van der Waals surface area contributed by atoms with E-state index < -0.39 is 18.0 Å². The zero-order valence-electron chi connectivity index (χ0n) is 24.9. The lowest BCUT2D eigenvalue weighted by Gasteiger charge is -2.20. The molecule has 3 heterocycles. The largest absolute Gasteiger partial charge is 0.392 e. The number of fused-ring (bicyclic) bond motifs is 1. The summed E-state index contributed by atoms with van der Waals surface area (Å²) in [6.07, 6.45) is 4.84. The molecule has 0 aliphatic carbocycles. The third-order valence-corrected chi connectivity index (χ3v) is 7.71. The van der Waals surface area contributed by atoms with E-state index in [1.807, 2.05) is 33.8 Å². The molecule has 0 radical (unpaired) electrons.